The minimum atomic E-state index is -4.08. The second-order valence-electron chi connectivity index (χ2n) is 6.05. The predicted octanol–water partition coefficient (Wildman–Crippen LogP) is 4.70. The van der Waals surface area contributed by atoms with Gasteiger partial charge in [-0.15, -0.1) is 0 Å². The van der Waals surface area contributed by atoms with E-state index in [1.807, 2.05) is 36.4 Å². The van der Waals surface area contributed by atoms with Crippen molar-refractivity contribution in [2.75, 3.05) is 6.16 Å². The van der Waals surface area contributed by atoms with E-state index in [2.05, 4.69) is 23.6 Å². The van der Waals surface area contributed by atoms with E-state index in [0.29, 0.717) is 0 Å². The maximum atomic E-state index is 11.7. The summed E-state index contributed by atoms with van der Waals surface area (Å²) < 4.78 is 13.8. The monoisotopic (exact) mass is 331 g/mol. The van der Waals surface area contributed by atoms with Gasteiger partial charge in [-0.25, -0.2) is 0 Å². The van der Waals surface area contributed by atoms with Crippen LogP contribution in [-0.2, 0) is 4.57 Å². The predicted molar refractivity (Wildman–Crippen MR) is 94.9 cm³/mol. The van der Waals surface area contributed by atoms with Gasteiger partial charge in [-0.05, 0) is 18.6 Å². The molecule has 4 nitrogen and oxygen atoms in total. The van der Waals surface area contributed by atoms with Gasteiger partial charge in [-0.2, -0.15) is 0 Å². The van der Waals surface area contributed by atoms with Gasteiger partial charge in [0.05, 0.1) is 6.16 Å². The van der Waals surface area contributed by atoms with Crippen LogP contribution in [0.25, 0.3) is 21.8 Å². The van der Waals surface area contributed by atoms with Crippen LogP contribution in [0.2, 0.25) is 0 Å². The number of benzene rings is 2. The Kier molecular flexibility index (Phi) is 4.58. The summed E-state index contributed by atoms with van der Waals surface area (Å²) in [5.41, 5.74) is 2.09. The molecular formula is C18H22NO3P. The van der Waals surface area contributed by atoms with Gasteiger partial charge in [0.1, 0.15) is 0 Å². The van der Waals surface area contributed by atoms with Crippen LogP contribution in [0.1, 0.15) is 32.2 Å². The van der Waals surface area contributed by atoms with Crippen molar-refractivity contribution in [3.8, 4) is 0 Å². The van der Waals surface area contributed by atoms with Crippen LogP contribution in [0, 0.1) is 0 Å². The van der Waals surface area contributed by atoms with Gasteiger partial charge in [0.2, 0.25) is 0 Å². The Labute approximate surface area is 135 Å². The number of hydrogen-bond acceptors (Lipinski definition) is 1. The van der Waals surface area contributed by atoms with Crippen molar-refractivity contribution in [2.45, 2.75) is 32.2 Å². The third-order valence-electron chi connectivity index (χ3n) is 4.32. The fourth-order valence-electron chi connectivity index (χ4n) is 3.36. The summed E-state index contributed by atoms with van der Waals surface area (Å²) in [4.78, 5) is 19.1. The van der Waals surface area contributed by atoms with Gasteiger partial charge >= 0.3 is 7.60 Å². The molecule has 0 radical (unpaired) electrons. The molecule has 0 saturated heterocycles. The van der Waals surface area contributed by atoms with Gasteiger partial charge in [-0.1, -0.05) is 56.2 Å². The fourth-order valence-corrected chi connectivity index (χ4v) is 4.26. The third-order valence-corrected chi connectivity index (χ3v) is 5.22. The lowest BCUT2D eigenvalue weighted by molar-refractivity contribution is 0.357. The molecule has 0 bridgehead atoms. The average Bonchev–Trinajstić information content (AvgIpc) is 2.85. The van der Waals surface area contributed by atoms with Crippen molar-refractivity contribution in [1.29, 1.82) is 0 Å². The van der Waals surface area contributed by atoms with Crippen molar-refractivity contribution in [3.05, 3.63) is 48.5 Å². The van der Waals surface area contributed by atoms with Crippen LogP contribution in [0.3, 0.4) is 0 Å². The van der Waals surface area contributed by atoms with Crippen LogP contribution in [0.4, 0.5) is 0 Å². The smallest absolute Gasteiger partial charge is 0.327 e. The van der Waals surface area contributed by atoms with Crippen LogP contribution >= 0.6 is 7.60 Å². The Bertz CT molecular complexity index is 812. The van der Waals surface area contributed by atoms with Gasteiger partial charge < -0.3 is 14.4 Å². The summed E-state index contributed by atoms with van der Waals surface area (Å²) in [6.07, 6.45) is 2.61. The molecule has 0 amide bonds. The molecule has 5 heteroatoms. The molecule has 1 atom stereocenters. The number of fused-ring (bicyclic) bond motifs is 3. The highest BCUT2D eigenvalue weighted by molar-refractivity contribution is 7.51. The molecule has 0 saturated carbocycles. The van der Waals surface area contributed by atoms with E-state index in [9.17, 15) is 14.4 Å². The summed E-state index contributed by atoms with van der Waals surface area (Å²) in [6, 6.07) is 16.0. The first-order chi connectivity index (χ1) is 11.0. The molecule has 0 spiro atoms. The van der Waals surface area contributed by atoms with E-state index in [-0.39, 0.29) is 12.2 Å². The normalized spacial score (nSPS) is 13.7. The Hall–Kier alpha value is -1.61. The van der Waals surface area contributed by atoms with Crippen molar-refractivity contribution in [2.24, 2.45) is 0 Å². The SMILES string of the molecule is CCCCC(CP(=O)(O)O)n1c2ccccc2c2ccccc21. The molecule has 1 aromatic heterocycles. The maximum absolute atomic E-state index is 11.7. The van der Waals surface area contributed by atoms with E-state index in [0.717, 1.165) is 41.1 Å². The molecule has 1 unspecified atom stereocenters. The number of rotatable bonds is 6. The standard InChI is InChI=1S/C18H22NO3P/c1-2-3-8-14(13-23(20,21)22)19-17-11-6-4-9-15(17)16-10-5-7-12-18(16)19/h4-7,9-12,14H,2-3,8,13H2,1H3,(H2,20,21,22). The number of unbranched alkanes of at least 4 members (excludes halogenated alkanes) is 1. The van der Waals surface area contributed by atoms with Gasteiger partial charge in [0.15, 0.2) is 0 Å². The number of para-hydroxylation sites is 2. The minimum absolute atomic E-state index is 0.115. The zero-order chi connectivity index (χ0) is 16.4. The van der Waals surface area contributed by atoms with Crippen LogP contribution in [0.5, 0.6) is 0 Å². The summed E-state index contributed by atoms with van der Waals surface area (Å²) in [5, 5.41) is 2.27. The lowest BCUT2D eigenvalue weighted by Crippen LogP contribution is -2.13. The first-order valence-electron chi connectivity index (χ1n) is 8.03. The van der Waals surface area contributed by atoms with E-state index in [4.69, 9.17) is 0 Å². The number of nitrogens with zero attached hydrogens (tertiary/aromatic N) is 1. The zero-order valence-electron chi connectivity index (χ0n) is 13.2. The quantitative estimate of drug-likeness (QED) is 0.643. The topological polar surface area (TPSA) is 62.5 Å². The van der Waals surface area contributed by atoms with E-state index in [1.54, 1.807) is 0 Å². The summed E-state index contributed by atoms with van der Waals surface area (Å²) in [6.45, 7) is 2.10. The van der Waals surface area contributed by atoms with E-state index in [1.165, 1.54) is 0 Å². The largest absolute Gasteiger partial charge is 0.337 e. The minimum Gasteiger partial charge on any atom is -0.337 e. The van der Waals surface area contributed by atoms with E-state index < -0.39 is 7.60 Å². The molecule has 2 aromatic carbocycles. The Morgan fingerprint density at radius 2 is 1.52 bits per heavy atom. The Morgan fingerprint density at radius 1 is 1.00 bits per heavy atom. The van der Waals surface area contributed by atoms with Crippen LogP contribution < -0.4 is 0 Å². The summed E-state index contributed by atoms with van der Waals surface area (Å²) >= 11 is 0. The second kappa shape index (κ2) is 6.48. The Morgan fingerprint density at radius 3 is 2.00 bits per heavy atom. The highest BCUT2D eigenvalue weighted by Gasteiger charge is 2.25. The average molecular weight is 331 g/mol. The van der Waals surface area contributed by atoms with Crippen LogP contribution in [0.15, 0.2) is 48.5 Å². The van der Waals surface area contributed by atoms with Gasteiger partial charge in [-0.3, -0.25) is 4.57 Å². The van der Waals surface area contributed by atoms with Crippen molar-refractivity contribution >= 4 is 29.4 Å². The molecule has 23 heavy (non-hydrogen) atoms. The molecule has 0 aliphatic heterocycles. The summed E-state index contributed by atoms with van der Waals surface area (Å²) in [5.74, 6) is 0. The summed E-state index contributed by atoms with van der Waals surface area (Å²) in [7, 11) is -4.08. The molecular weight excluding hydrogens is 309 g/mol. The highest BCUT2D eigenvalue weighted by atomic mass is 31.2. The Balaban J connectivity index is 2.22. The van der Waals surface area contributed by atoms with Gasteiger partial charge in [0, 0.05) is 27.8 Å². The van der Waals surface area contributed by atoms with Crippen molar-refractivity contribution in [1.82, 2.24) is 4.57 Å². The fraction of sp³-hybridized carbons (Fsp3) is 0.333. The first kappa shape index (κ1) is 16.3. The first-order valence-corrected chi connectivity index (χ1v) is 9.83. The number of hydrogen-bond donors (Lipinski definition) is 2. The molecule has 0 aliphatic carbocycles. The molecule has 0 aliphatic rings. The van der Waals surface area contributed by atoms with E-state index >= 15 is 0 Å². The maximum Gasteiger partial charge on any atom is 0.327 e. The zero-order valence-corrected chi connectivity index (χ0v) is 14.1. The molecule has 2 N–H and O–H groups in total. The molecule has 122 valence electrons. The molecule has 1 heterocycles. The van der Waals surface area contributed by atoms with Gasteiger partial charge in [0.25, 0.3) is 0 Å². The molecule has 0 fully saturated rings. The lowest BCUT2D eigenvalue weighted by Gasteiger charge is -2.22. The van der Waals surface area contributed by atoms with Crippen molar-refractivity contribution in [3.63, 3.8) is 0 Å². The van der Waals surface area contributed by atoms with Crippen LogP contribution in [-0.4, -0.2) is 20.5 Å². The second-order valence-corrected chi connectivity index (χ2v) is 7.74. The lowest BCUT2D eigenvalue weighted by atomic mass is 10.1. The number of aromatic nitrogens is 1. The molecule has 3 aromatic rings. The highest BCUT2D eigenvalue weighted by Crippen LogP contribution is 2.43. The van der Waals surface area contributed by atoms with Crippen molar-refractivity contribution < 1.29 is 14.4 Å². The molecule has 3 rings (SSSR count). The third kappa shape index (κ3) is 3.35.